The Morgan fingerprint density at radius 1 is 1.03 bits per heavy atom. The molecule has 2 saturated heterocycles. The number of anilines is 1. The van der Waals surface area contributed by atoms with Gasteiger partial charge in [0.1, 0.15) is 11.4 Å². The highest BCUT2D eigenvalue weighted by Gasteiger charge is 2.29. The fourth-order valence-electron chi connectivity index (χ4n) is 4.56. The number of piperazine rings is 2. The lowest BCUT2D eigenvalue weighted by Gasteiger charge is -2.43. The molecule has 1 aromatic carbocycles. The fraction of sp³-hybridized carbons (Fsp3) is 0.524. The summed E-state index contributed by atoms with van der Waals surface area (Å²) in [6.07, 6.45) is 3.30. The first-order valence-electron chi connectivity index (χ1n) is 10.6. The Balaban J connectivity index is 1.46. The van der Waals surface area contributed by atoms with E-state index < -0.39 is 17.2 Å². The van der Waals surface area contributed by atoms with Crippen molar-refractivity contribution in [3.8, 4) is 0 Å². The molecule has 8 nitrogen and oxygen atoms in total. The molecule has 0 atom stereocenters. The summed E-state index contributed by atoms with van der Waals surface area (Å²) in [5.74, 6) is -1.75. The normalized spacial score (nSPS) is 21.3. The van der Waals surface area contributed by atoms with Gasteiger partial charge in [-0.05, 0) is 25.0 Å². The number of carbonyl (C=O) groups is 1. The van der Waals surface area contributed by atoms with Crippen LogP contribution < -0.4 is 15.6 Å². The topological polar surface area (TPSA) is 81.1 Å². The molecular weight excluding hydrogens is 389 g/mol. The molecule has 9 heteroatoms. The third-order valence-corrected chi connectivity index (χ3v) is 6.36. The van der Waals surface area contributed by atoms with Gasteiger partial charge in [0.05, 0.1) is 11.2 Å². The van der Waals surface area contributed by atoms with Crippen LogP contribution in [-0.2, 0) is 0 Å². The van der Waals surface area contributed by atoms with Crippen molar-refractivity contribution in [2.24, 2.45) is 0 Å². The van der Waals surface area contributed by atoms with Gasteiger partial charge < -0.3 is 19.9 Å². The Morgan fingerprint density at radius 3 is 2.33 bits per heavy atom. The Morgan fingerprint density at radius 2 is 1.70 bits per heavy atom. The molecule has 0 unspecified atom stereocenters. The van der Waals surface area contributed by atoms with Crippen LogP contribution in [0.4, 0.5) is 10.1 Å². The zero-order chi connectivity index (χ0) is 20.8. The molecular formula is C21H26FN5O3. The molecule has 3 heterocycles. The standard InChI is InChI=1S/C21H26FN5O3/c22-17-11-15-18(27(14-1-2-14)13-16(20(15)28)21(29)30)12-19(17)24-7-9-26(10-8-24)25-5-3-23-4-6-25/h11-14,23H,1-10H2,(H,29,30). The number of halogens is 1. The summed E-state index contributed by atoms with van der Waals surface area (Å²) < 4.78 is 16.9. The number of carboxylic acids is 1. The SMILES string of the molecule is O=C(O)c1cn(C2CC2)c2cc(N3CCN(N4CCNCC4)CC3)c(F)cc2c1=O. The van der Waals surface area contributed by atoms with Crippen molar-refractivity contribution < 1.29 is 14.3 Å². The van der Waals surface area contributed by atoms with Crippen molar-refractivity contribution in [2.75, 3.05) is 57.3 Å². The van der Waals surface area contributed by atoms with Crippen LogP contribution in [-0.4, -0.2) is 78.0 Å². The minimum atomic E-state index is -1.27. The van der Waals surface area contributed by atoms with E-state index in [0.717, 1.165) is 52.1 Å². The summed E-state index contributed by atoms with van der Waals surface area (Å²) in [6, 6.07) is 3.13. The molecule has 2 aromatic rings. The van der Waals surface area contributed by atoms with Gasteiger partial charge in [-0.25, -0.2) is 19.2 Å². The lowest BCUT2D eigenvalue weighted by atomic mass is 10.1. The number of carboxylic acid groups (broad SMARTS) is 1. The average Bonchev–Trinajstić information content (AvgIpc) is 3.60. The number of nitrogens with one attached hydrogen (secondary N) is 1. The van der Waals surface area contributed by atoms with Gasteiger partial charge in [-0.15, -0.1) is 0 Å². The van der Waals surface area contributed by atoms with Gasteiger partial charge in [0, 0.05) is 70.0 Å². The molecule has 0 bridgehead atoms. The number of fused-ring (bicyclic) bond motifs is 1. The summed E-state index contributed by atoms with van der Waals surface area (Å²) in [4.78, 5) is 26.2. The summed E-state index contributed by atoms with van der Waals surface area (Å²) in [5.41, 5.74) is 0.183. The lowest BCUT2D eigenvalue weighted by Crippen LogP contribution is -2.58. The number of benzene rings is 1. The van der Waals surface area contributed by atoms with Gasteiger partial charge in [0.15, 0.2) is 0 Å². The number of nitrogens with zero attached hydrogens (tertiary/aromatic N) is 4. The van der Waals surface area contributed by atoms with Crippen molar-refractivity contribution in [2.45, 2.75) is 18.9 Å². The Labute approximate surface area is 173 Å². The summed E-state index contributed by atoms with van der Waals surface area (Å²) in [6.45, 7) is 7.00. The predicted octanol–water partition coefficient (Wildman–Crippen LogP) is 1.12. The van der Waals surface area contributed by atoms with E-state index in [2.05, 4.69) is 15.3 Å². The molecule has 3 aliphatic rings. The highest BCUT2D eigenvalue weighted by molar-refractivity contribution is 5.93. The van der Waals surface area contributed by atoms with Gasteiger partial charge in [0.25, 0.3) is 0 Å². The third kappa shape index (κ3) is 3.46. The number of aromatic nitrogens is 1. The number of rotatable bonds is 4. The summed E-state index contributed by atoms with van der Waals surface area (Å²) in [5, 5.41) is 17.6. The zero-order valence-corrected chi connectivity index (χ0v) is 16.8. The molecule has 1 aliphatic carbocycles. The second-order valence-corrected chi connectivity index (χ2v) is 8.28. The molecule has 160 valence electrons. The van der Waals surface area contributed by atoms with Crippen LogP contribution in [0.5, 0.6) is 0 Å². The van der Waals surface area contributed by atoms with Crippen molar-refractivity contribution in [3.05, 3.63) is 39.9 Å². The van der Waals surface area contributed by atoms with Crippen LogP contribution in [0.2, 0.25) is 0 Å². The minimum absolute atomic E-state index is 0.141. The van der Waals surface area contributed by atoms with Crippen molar-refractivity contribution in [1.29, 1.82) is 0 Å². The second kappa shape index (κ2) is 7.64. The van der Waals surface area contributed by atoms with Crippen LogP contribution in [0, 0.1) is 5.82 Å². The molecule has 2 aliphatic heterocycles. The van der Waals surface area contributed by atoms with Crippen LogP contribution in [0.3, 0.4) is 0 Å². The fourth-order valence-corrected chi connectivity index (χ4v) is 4.56. The maximum absolute atomic E-state index is 15.0. The highest BCUT2D eigenvalue weighted by Crippen LogP contribution is 2.38. The largest absolute Gasteiger partial charge is 0.477 e. The Hall–Kier alpha value is -2.49. The number of aromatic carboxylic acids is 1. The number of hydrazine groups is 1. The van der Waals surface area contributed by atoms with Crippen molar-refractivity contribution >= 4 is 22.6 Å². The quantitative estimate of drug-likeness (QED) is 0.775. The Kier molecular flexibility index (Phi) is 4.96. The van der Waals surface area contributed by atoms with Crippen LogP contribution in [0.25, 0.3) is 10.9 Å². The Bertz CT molecular complexity index is 1040. The monoisotopic (exact) mass is 415 g/mol. The summed E-state index contributed by atoms with van der Waals surface area (Å²) in [7, 11) is 0. The van der Waals surface area contributed by atoms with Crippen LogP contribution in [0.15, 0.2) is 23.1 Å². The molecule has 3 fully saturated rings. The first-order chi connectivity index (χ1) is 14.5. The van der Waals surface area contributed by atoms with E-state index in [-0.39, 0.29) is 17.0 Å². The molecule has 1 aromatic heterocycles. The predicted molar refractivity (Wildman–Crippen MR) is 112 cm³/mol. The first-order valence-corrected chi connectivity index (χ1v) is 10.6. The third-order valence-electron chi connectivity index (χ3n) is 6.36. The summed E-state index contributed by atoms with van der Waals surface area (Å²) >= 11 is 0. The van der Waals surface area contributed by atoms with Gasteiger partial charge in [0.2, 0.25) is 5.43 Å². The van der Waals surface area contributed by atoms with Crippen LogP contribution in [0.1, 0.15) is 29.2 Å². The number of hydrogen-bond donors (Lipinski definition) is 2. The highest BCUT2D eigenvalue weighted by atomic mass is 19.1. The molecule has 30 heavy (non-hydrogen) atoms. The van der Waals surface area contributed by atoms with Gasteiger partial charge in [-0.3, -0.25) is 4.79 Å². The second-order valence-electron chi connectivity index (χ2n) is 8.28. The number of pyridine rings is 1. The maximum atomic E-state index is 15.0. The molecule has 0 spiro atoms. The van der Waals surface area contributed by atoms with E-state index >= 15 is 4.39 Å². The smallest absolute Gasteiger partial charge is 0.341 e. The van der Waals surface area contributed by atoms with E-state index in [1.807, 2.05) is 9.47 Å². The van der Waals surface area contributed by atoms with E-state index in [1.165, 1.54) is 12.3 Å². The van der Waals surface area contributed by atoms with E-state index in [0.29, 0.717) is 24.3 Å². The molecule has 0 amide bonds. The van der Waals surface area contributed by atoms with Crippen LogP contribution >= 0.6 is 0 Å². The average molecular weight is 415 g/mol. The van der Waals surface area contributed by atoms with Gasteiger partial charge in [-0.1, -0.05) is 0 Å². The lowest BCUT2D eigenvalue weighted by molar-refractivity contribution is -0.0375. The van der Waals surface area contributed by atoms with E-state index in [4.69, 9.17) is 0 Å². The van der Waals surface area contributed by atoms with E-state index in [9.17, 15) is 14.7 Å². The zero-order valence-electron chi connectivity index (χ0n) is 16.8. The van der Waals surface area contributed by atoms with Gasteiger partial charge >= 0.3 is 5.97 Å². The molecule has 5 rings (SSSR count). The maximum Gasteiger partial charge on any atom is 0.341 e. The van der Waals surface area contributed by atoms with Gasteiger partial charge in [-0.2, -0.15) is 0 Å². The molecule has 0 radical (unpaired) electrons. The minimum Gasteiger partial charge on any atom is -0.477 e. The van der Waals surface area contributed by atoms with E-state index in [1.54, 1.807) is 6.07 Å². The first kappa shape index (κ1) is 19.5. The van der Waals surface area contributed by atoms with Crippen molar-refractivity contribution in [3.63, 3.8) is 0 Å². The molecule has 1 saturated carbocycles. The number of hydrogen-bond acceptors (Lipinski definition) is 6. The van der Waals surface area contributed by atoms with Crippen molar-refractivity contribution in [1.82, 2.24) is 19.9 Å². The molecule has 2 N–H and O–H groups in total.